The van der Waals surface area contributed by atoms with Gasteiger partial charge in [0.05, 0.1) is 35.7 Å². The molecule has 3 rings (SSSR count). The van der Waals surface area contributed by atoms with E-state index in [1.807, 2.05) is 30.3 Å². The largest absolute Gasteiger partial charge is 0.491 e. The molecule has 1 aliphatic heterocycles. The fourth-order valence-electron chi connectivity index (χ4n) is 4.78. The van der Waals surface area contributed by atoms with Crippen LogP contribution in [0, 0.1) is 10.1 Å². The summed E-state index contributed by atoms with van der Waals surface area (Å²) in [7, 11) is 1.24. The van der Waals surface area contributed by atoms with E-state index in [4.69, 9.17) is 14.2 Å². The first-order valence-electron chi connectivity index (χ1n) is 14.0. The Morgan fingerprint density at radius 1 is 1.00 bits per heavy atom. The normalized spacial score (nSPS) is 15.6. The van der Waals surface area contributed by atoms with E-state index in [0.717, 1.165) is 31.6 Å². The molecule has 11 heteroatoms. The van der Waals surface area contributed by atoms with E-state index in [2.05, 4.69) is 10.6 Å². The molecule has 0 bridgehead atoms. The second-order valence-corrected chi connectivity index (χ2v) is 10.0. The van der Waals surface area contributed by atoms with Gasteiger partial charge in [0.15, 0.2) is 0 Å². The highest BCUT2D eigenvalue weighted by atomic mass is 16.6. The maximum absolute atomic E-state index is 13.3. The molecule has 0 saturated heterocycles. The van der Waals surface area contributed by atoms with E-state index < -0.39 is 28.9 Å². The highest BCUT2D eigenvalue weighted by Crippen LogP contribution is 2.40. The molecule has 42 heavy (non-hydrogen) atoms. The monoisotopic (exact) mass is 581 g/mol. The highest BCUT2D eigenvalue weighted by Gasteiger charge is 2.38. The van der Waals surface area contributed by atoms with Crippen molar-refractivity contribution in [2.45, 2.75) is 51.6 Å². The van der Waals surface area contributed by atoms with Gasteiger partial charge in [-0.15, -0.1) is 0 Å². The Morgan fingerprint density at radius 3 is 2.38 bits per heavy atom. The number of carbonyl (C=O) groups excluding carboxylic acids is 2. The number of methoxy groups -OCH3 is 1. The lowest BCUT2D eigenvalue weighted by Gasteiger charge is -2.30. The maximum Gasteiger partial charge on any atom is 0.336 e. The lowest BCUT2D eigenvalue weighted by atomic mass is 9.80. The van der Waals surface area contributed by atoms with Crippen molar-refractivity contribution in [3.05, 3.63) is 92.8 Å². The summed E-state index contributed by atoms with van der Waals surface area (Å²) in [5, 5.41) is 27.7. The topological polar surface area (TPSA) is 149 Å². The van der Waals surface area contributed by atoms with Gasteiger partial charge in [-0.25, -0.2) is 9.59 Å². The molecule has 226 valence electrons. The minimum absolute atomic E-state index is 0.150. The molecule has 1 aliphatic rings. The Balaban J connectivity index is 1.47. The number of aliphatic hydroxyl groups excluding tert-OH is 1. The van der Waals surface area contributed by atoms with Crippen LogP contribution in [0.2, 0.25) is 0 Å². The van der Waals surface area contributed by atoms with Crippen LogP contribution < -0.4 is 15.4 Å². The van der Waals surface area contributed by atoms with Crippen molar-refractivity contribution in [3.63, 3.8) is 0 Å². The summed E-state index contributed by atoms with van der Waals surface area (Å²) in [5.74, 6) is -1.40. The van der Waals surface area contributed by atoms with Crippen molar-refractivity contribution in [1.82, 2.24) is 10.6 Å². The predicted molar refractivity (Wildman–Crippen MR) is 157 cm³/mol. The molecule has 0 aliphatic carbocycles. The number of rotatable bonds is 16. The molecular formula is C31H39N3O8. The minimum Gasteiger partial charge on any atom is -0.491 e. The third kappa shape index (κ3) is 9.15. The molecule has 0 amide bonds. The van der Waals surface area contributed by atoms with Crippen LogP contribution in [-0.4, -0.2) is 61.5 Å². The van der Waals surface area contributed by atoms with Crippen LogP contribution in [0.1, 0.15) is 51.0 Å². The van der Waals surface area contributed by atoms with Crippen LogP contribution in [0.25, 0.3) is 0 Å². The molecule has 2 aromatic rings. The first-order valence-corrected chi connectivity index (χ1v) is 14.0. The first-order chi connectivity index (χ1) is 20.2. The zero-order valence-electron chi connectivity index (χ0n) is 24.3. The summed E-state index contributed by atoms with van der Waals surface area (Å²) in [5.41, 5.74) is 1.67. The number of para-hydroxylation sites is 1. The van der Waals surface area contributed by atoms with Gasteiger partial charge in [-0.2, -0.15) is 0 Å². The Kier molecular flexibility index (Phi) is 12.5. The Labute approximate surface area is 245 Å². The number of nitrogens with one attached hydrogen (secondary N) is 2. The van der Waals surface area contributed by atoms with Crippen LogP contribution in [0.4, 0.5) is 5.69 Å². The average molecular weight is 582 g/mol. The number of aliphatic hydroxyl groups is 1. The fraction of sp³-hybridized carbons (Fsp3) is 0.419. The third-order valence-electron chi connectivity index (χ3n) is 6.85. The molecule has 0 radical (unpaired) electrons. The van der Waals surface area contributed by atoms with Gasteiger partial charge in [0, 0.05) is 30.1 Å². The second kappa shape index (κ2) is 16.3. The number of benzene rings is 2. The zero-order chi connectivity index (χ0) is 30.5. The number of dihydropyridines is 1. The third-order valence-corrected chi connectivity index (χ3v) is 6.85. The summed E-state index contributed by atoms with van der Waals surface area (Å²) < 4.78 is 16.1. The lowest BCUT2D eigenvalue weighted by Crippen LogP contribution is -2.32. The van der Waals surface area contributed by atoms with E-state index in [1.54, 1.807) is 19.9 Å². The number of hydrogen-bond donors (Lipinski definition) is 3. The average Bonchev–Trinajstić information content (AvgIpc) is 2.98. The van der Waals surface area contributed by atoms with Gasteiger partial charge in [-0.3, -0.25) is 10.1 Å². The number of non-ortho nitro benzene ring substituents is 1. The van der Waals surface area contributed by atoms with Crippen LogP contribution in [0.15, 0.2) is 77.1 Å². The number of nitro benzene ring substituents is 1. The quantitative estimate of drug-likeness (QED) is 0.114. The summed E-state index contributed by atoms with van der Waals surface area (Å²) >= 11 is 0. The molecule has 2 aromatic carbocycles. The number of hydrogen-bond acceptors (Lipinski definition) is 10. The Bertz CT molecular complexity index is 1290. The molecule has 0 aromatic heterocycles. The van der Waals surface area contributed by atoms with E-state index in [9.17, 15) is 24.8 Å². The first kappa shape index (κ1) is 32.3. The minimum atomic E-state index is -0.884. The molecule has 2 atom stereocenters. The molecule has 0 spiro atoms. The highest BCUT2D eigenvalue weighted by molar-refractivity contribution is 5.99. The molecule has 0 fully saturated rings. The van der Waals surface area contributed by atoms with Gasteiger partial charge in [-0.05, 0) is 50.9 Å². The van der Waals surface area contributed by atoms with Crippen molar-refractivity contribution >= 4 is 17.6 Å². The van der Waals surface area contributed by atoms with Crippen LogP contribution in [-0.2, 0) is 19.1 Å². The molecular weight excluding hydrogens is 542 g/mol. The second-order valence-electron chi connectivity index (χ2n) is 10.0. The fourth-order valence-corrected chi connectivity index (χ4v) is 4.78. The van der Waals surface area contributed by atoms with Crippen molar-refractivity contribution in [1.29, 1.82) is 0 Å². The molecule has 2 unspecified atom stereocenters. The zero-order valence-corrected chi connectivity index (χ0v) is 24.3. The summed E-state index contributed by atoms with van der Waals surface area (Å²) in [6, 6.07) is 15.2. The molecule has 11 nitrogen and oxygen atoms in total. The summed E-state index contributed by atoms with van der Waals surface area (Å²) in [4.78, 5) is 36.9. The van der Waals surface area contributed by atoms with Gasteiger partial charge >= 0.3 is 11.9 Å². The smallest absolute Gasteiger partial charge is 0.336 e. The Hall–Kier alpha value is -4.22. The molecule has 0 saturated carbocycles. The standard InChI is InChI=1S/C31H39N3O8/c1-21-27(30(36)40-3)29(23-12-11-13-24(18-23)34(38)39)28(22(2)33-21)31(37)41-17-10-5-4-9-16-32-19-25(35)20-42-26-14-7-6-8-15-26/h6-8,11-15,18,25,29,32-33,35H,4-5,9-10,16-17,19-20H2,1-3H3. The van der Waals surface area contributed by atoms with Crippen molar-refractivity contribution in [2.24, 2.45) is 0 Å². The van der Waals surface area contributed by atoms with Gasteiger partial charge in [-0.1, -0.05) is 43.2 Å². The van der Waals surface area contributed by atoms with Crippen LogP contribution >= 0.6 is 0 Å². The maximum atomic E-state index is 13.3. The van der Waals surface area contributed by atoms with E-state index in [-0.39, 0.29) is 30.0 Å². The summed E-state index contributed by atoms with van der Waals surface area (Å²) in [6.07, 6.45) is 2.69. The van der Waals surface area contributed by atoms with E-state index in [0.29, 0.717) is 29.9 Å². The lowest BCUT2D eigenvalue weighted by molar-refractivity contribution is -0.384. The number of carbonyl (C=O) groups is 2. The van der Waals surface area contributed by atoms with Gasteiger partial charge in [0.2, 0.25) is 0 Å². The number of ether oxygens (including phenoxy) is 3. The predicted octanol–water partition coefficient (Wildman–Crippen LogP) is 4.14. The van der Waals surface area contributed by atoms with E-state index >= 15 is 0 Å². The number of esters is 2. The van der Waals surface area contributed by atoms with Crippen LogP contribution in [0.5, 0.6) is 5.75 Å². The molecule has 3 N–H and O–H groups in total. The van der Waals surface area contributed by atoms with Gasteiger partial charge in [0.25, 0.3) is 5.69 Å². The van der Waals surface area contributed by atoms with Gasteiger partial charge < -0.3 is 30.0 Å². The van der Waals surface area contributed by atoms with Crippen molar-refractivity contribution < 1.29 is 33.8 Å². The van der Waals surface area contributed by atoms with Crippen LogP contribution in [0.3, 0.4) is 0 Å². The number of allylic oxidation sites excluding steroid dienone is 2. The van der Waals surface area contributed by atoms with Gasteiger partial charge in [0.1, 0.15) is 18.5 Å². The molecule has 1 heterocycles. The number of nitro groups is 1. The number of unbranched alkanes of at least 4 members (excludes halogenated alkanes) is 3. The SMILES string of the molecule is COC(=O)C1=C(C)NC(C)=C(C(=O)OCCCCCCNCC(O)COc2ccccc2)C1c1cccc([N+](=O)[O-])c1. The van der Waals surface area contributed by atoms with Crippen molar-refractivity contribution in [2.75, 3.05) is 33.4 Å². The Morgan fingerprint density at radius 2 is 1.69 bits per heavy atom. The van der Waals surface area contributed by atoms with E-state index in [1.165, 1.54) is 25.3 Å². The summed E-state index contributed by atoms with van der Waals surface area (Å²) in [6.45, 7) is 4.97. The number of nitrogens with zero attached hydrogens (tertiary/aromatic N) is 1. The van der Waals surface area contributed by atoms with Crippen molar-refractivity contribution in [3.8, 4) is 5.75 Å².